The highest BCUT2D eigenvalue weighted by Crippen LogP contribution is 2.15. The smallest absolute Gasteiger partial charge is 0.169 e. The van der Waals surface area contributed by atoms with E-state index in [9.17, 15) is 0 Å². The molecule has 0 aliphatic carbocycles. The molecule has 74 valence electrons. The average Bonchev–Trinajstić information content (AvgIpc) is 2.76. The molecule has 0 aromatic carbocycles. The van der Waals surface area contributed by atoms with E-state index in [1.54, 1.807) is 10.9 Å². The third-order valence-corrected chi connectivity index (χ3v) is 2.47. The predicted molar refractivity (Wildman–Crippen MR) is 55.1 cm³/mol. The molecule has 2 heterocycles. The second kappa shape index (κ2) is 4.14. The fourth-order valence-corrected chi connectivity index (χ4v) is 1.65. The summed E-state index contributed by atoms with van der Waals surface area (Å²) in [6.45, 7) is 0.549. The van der Waals surface area contributed by atoms with Gasteiger partial charge in [-0.25, -0.2) is 4.68 Å². The summed E-state index contributed by atoms with van der Waals surface area (Å²) >= 11 is 8.94. The van der Waals surface area contributed by atoms with E-state index >= 15 is 0 Å². The van der Waals surface area contributed by atoms with Crippen LogP contribution in [0.1, 0.15) is 11.5 Å². The monoisotopic (exact) mass is 275 g/mol. The quantitative estimate of drug-likeness (QED) is 0.809. The summed E-state index contributed by atoms with van der Waals surface area (Å²) in [4.78, 5) is 0. The van der Waals surface area contributed by atoms with Crippen molar-refractivity contribution in [3.05, 3.63) is 34.5 Å². The molecule has 4 nitrogen and oxygen atoms in total. The van der Waals surface area contributed by atoms with Crippen LogP contribution in [0, 0.1) is 0 Å². The van der Waals surface area contributed by atoms with Gasteiger partial charge in [-0.2, -0.15) is 0 Å². The SMILES string of the molecule is ClCc1cnnn1Cc1ccc(Br)o1. The van der Waals surface area contributed by atoms with Crippen molar-refractivity contribution in [3.63, 3.8) is 0 Å². The molecule has 0 unspecified atom stereocenters. The van der Waals surface area contributed by atoms with Gasteiger partial charge in [-0.3, -0.25) is 0 Å². The van der Waals surface area contributed by atoms with Crippen LogP contribution < -0.4 is 0 Å². The van der Waals surface area contributed by atoms with E-state index in [1.165, 1.54) is 0 Å². The number of rotatable bonds is 3. The first-order chi connectivity index (χ1) is 6.79. The van der Waals surface area contributed by atoms with Gasteiger partial charge in [0.05, 0.1) is 17.8 Å². The topological polar surface area (TPSA) is 43.9 Å². The molecule has 2 rings (SSSR count). The molecule has 2 aromatic rings. The predicted octanol–water partition coefficient (Wildman–Crippen LogP) is 2.42. The van der Waals surface area contributed by atoms with Crippen LogP contribution in [0.3, 0.4) is 0 Å². The first kappa shape index (κ1) is 9.73. The van der Waals surface area contributed by atoms with Crippen LogP contribution in [-0.2, 0) is 12.4 Å². The maximum Gasteiger partial charge on any atom is 0.169 e. The van der Waals surface area contributed by atoms with Gasteiger partial charge < -0.3 is 4.42 Å². The van der Waals surface area contributed by atoms with Gasteiger partial charge in [-0.15, -0.1) is 16.7 Å². The number of nitrogens with zero attached hydrogens (tertiary/aromatic N) is 3. The van der Waals surface area contributed by atoms with Crippen molar-refractivity contribution in [1.29, 1.82) is 0 Å². The normalized spacial score (nSPS) is 10.7. The van der Waals surface area contributed by atoms with Gasteiger partial charge >= 0.3 is 0 Å². The van der Waals surface area contributed by atoms with Crippen LogP contribution in [-0.4, -0.2) is 15.0 Å². The summed E-state index contributed by atoms with van der Waals surface area (Å²) in [6, 6.07) is 3.72. The summed E-state index contributed by atoms with van der Waals surface area (Å²) in [5.41, 5.74) is 0.874. The Morgan fingerprint density at radius 3 is 3.00 bits per heavy atom. The lowest BCUT2D eigenvalue weighted by Crippen LogP contribution is -2.04. The number of hydrogen-bond acceptors (Lipinski definition) is 3. The zero-order chi connectivity index (χ0) is 9.97. The van der Waals surface area contributed by atoms with E-state index in [-0.39, 0.29) is 0 Å². The molecular formula is C8H7BrClN3O. The molecule has 0 radical (unpaired) electrons. The molecule has 14 heavy (non-hydrogen) atoms. The molecule has 0 saturated carbocycles. The molecular weight excluding hydrogens is 269 g/mol. The average molecular weight is 277 g/mol. The summed E-state index contributed by atoms with van der Waals surface area (Å²) in [5.74, 6) is 1.21. The van der Waals surface area contributed by atoms with Gasteiger partial charge in [0.25, 0.3) is 0 Å². The number of furan rings is 1. The molecule has 0 aliphatic heterocycles. The number of halogens is 2. The van der Waals surface area contributed by atoms with E-state index in [0.29, 0.717) is 17.1 Å². The summed E-state index contributed by atoms with van der Waals surface area (Å²) in [7, 11) is 0. The molecule has 6 heteroatoms. The maximum absolute atomic E-state index is 5.70. The molecule has 0 amide bonds. The Hall–Kier alpha value is -0.810. The second-order valence-corrected chi connectivity index (χ2v) is 3.77. The van der Waals surface area contributed by atoms with Gasteiger partial charge in [-0.1, -0.05) is 5.21 Å². The van der Waals surface area contributed by atoms with Crippen molar-refractivity contribution in [2.24, 2.45) is 0 Å². The van der Waals surface area contributed by atoms with Gasteiger partial charge in [0.2, 0.25) is 0 Å². The third-order valence-electron chi connectivity index (χ3n) is 1.77. The largest absolute Gasteiger partial charge is 0.452 e. The minimum atomic E-state index is 0.398. The minimum absolute atomic E-state index is 0.398. The highest BCUT2D eigenvalue weighted by molar-refractivity contribution is 9.10. The highest BCUT2D eigenvalue weighted by atomic mass is 79.9. The van der Waals surface area contributed by atoms with Crippen LogP contribution in [0.4, 0.5) is 0 Å². The zero-order valence-electron chi connectivity index (χ0n) is 7.15. The Morgan fingerprint density at radius 2 is 2.36 bits per heavy atom. The molecule has 0 bridgehead atoms. The minimum Gasteiger partial charge on any atom is -0.452 e. The summed E-state index contributed by atoms with van der Waals surface area (Å²) < 4.78 is 7.76. The van der Waals surface area contributed by atoms with Crippen LogP contribution >= 0.6 is 27.5 Å². The second-order valence-electron chi connectivity index (χ2n) is 2.72. The Balaban J connectivity index is 2.18. The van der Waals surface area contributed by atoms with Crippen LogP contribution in [0.5, 0.6) is 0 Å². The first-order valence-electron chi connectivity index (χ1n) is 3.97. The molecule has 0 atom stereocenters. The van der Waals surface area contributed by atoms with Crippen molar-refractivity contribution in [2.75, 3.05) is 0 Å². The fraction of sp³-hybridized carbons (Fsp3) is 0.250. The molecule has 0 aliphatic rings. The van der Waals surface area contributed by atoms with E-state index < -0.39 is 0 Å². The van der Waals surface area contributed by atoms with Crippen molar-refractivity contribution in [2.45, 2.75) is 12.4 Å². The van der Waals surface area contributed by atoms with Gasteiger partial charge in [0.15, 0.2) is 4.67 Å². The Labute approximate surface area is 94.0 Å². The first-order valence-corrected chi connectivity index (χ1v) is 5.30. The number of hydrogen-bond donors (Lipinski definition) is 0. The molecule has 0 fully saturated rings. The molecule has 0 N–H and O–H groups in total. The molecule has 2 aromatic heterocycles. The fourth-order valence-electron chi connectivity index (χ4n) is 1.10. The lowest BCUT2D eigenvalue weighted by atomic mass is 10.4. The van der Waals surface area contributed by atoms with Crippen LogP contribution in [0.15, 0.2) is 27.4 Å². The van der Waals surface area contributed by atoms with Crippen molar-refractivity contribution < 1.29 is 4.42 Å². The Kier molecular flexibility index (Phi) is 2.88. The number of aromatic nitrogens is 3. The third kappa shape index (κ3) is 1.99. The summed E-state index contributed by atoms with van der Waals surface area (Å²) in [6.07, 6.45) is 1.64. The lowest BCUT2D eigenvalue weighted by molar-refractivity contribution is 0.455. The van der Waals surface area contributed by atoms with Crippen LogP contribution in [0.2, 0.25) is 0 Å². The van der Waals surface area contributed by atoms with Gasteiger partial charge in [0, 0.05) is 0 Å². The van der Waals surface area contributed by atoms with E-state index in [0.717, 1.165) is 11.5 Å². The molecule has 0 saturated heterocycles. The van der Waals surface area contributed by atoms with Crippen molar-refractivity contribution in [3.8, 4) is 0 Å². The van der Waals surface area contributed by atoms with Crippen molar-refractivity contribution in [1.82, 2.24) is 15.0 Å². The van der Waals surface area contributed by atoms with Crippen molar-refractivity contribution >= 4 is 27.5 Å². The Bertz CT molecular complexity index is 426. The summed E-state index contributed by atoms with van der Waals surface area (Å²) in [5, 5.41) is 7.67. The van der Waals surface area contributed by atoms with E-state index in [1.807, 2.05) is 12.1 Å². The zero-order valence-corrected chi connectivity index (χ0v) is 9.49. The van der Waals surface area contributed by atoms with Gasteiger partial charge in [0.1, 0.15) is 12.3 Å². The number of alkyl halides is 1. The Morgan fingerprint density at radius 1 is 1.50 bits per heavy atom. The van der Waals surface area contributed by atoms with Gasteiger partial charge in [-0.05, 0) is 28.1 Å². The highest BCUT2D eigenvalue weighted by Gasteiger charge is 2.05. The standard InChI is InChI=1S/C8H7BrClN3O/c9-8-2-1-7(14-8)5-13-6(3-10)4-11-12-13/h1-2,4H,3,5H2. The molecule has 0 spiro atoms. The van der Waals surface area contributed by atoms with E-state index in [4.69, 9.17) is 16.0 Å². The lowest BCUT2D eigenvalue weighted by Gasteiger charge is -2.00. The van der Waals surface area contributed by atoms with Crippen LogP contribution in [0.25, 0.3) is 0 Å². The van der Waals surface area contributed by atoms with E-state index in [2.05, 4.69) is 26.2 Å². The maximum atomic E-state index is 5.70.